The summed E-state index contributed by atoms with van der Waals surface area (Å²) in [5.74, 6) is 0.289. The minimum absolute atomic E-state index is 0.0442. The van der Waals surface area contributed by atoms with E-state index in [2.05, 4.69) is 25.0 Å². The van der Waals surface area contributed by atoms with Crippen molar-refractivity contribution in [1.29, 1.82) is 0 Å². The van der Waals surface area contributed by atoms with E-state index in [1.165, 1.54) is 24.3 Å². The molecule has 2 heterocycles. The molecule has 0 fully saturated rings. The van der Waals surface area contributed by atoms with E-state index in [9.17, 15) is 13.2 Å². The Labute approximate surface area is 133 Å². The average Bonchev–Trinajstić information content (AvgIpc) is 2.48. The number of nitrogen functional groups attached to an aromatic ring is 2. The van der Waals surface area contributed by atoms with Gasteiger partial charge in [-0.3, -0.25) is 0 Å². The van der Waals surface area contributed by atoms with Crippen LogP contribution in [0.3, 0.4) is 0 Å². The number of fused-ring (bicyclic) bond motifs is 1. The second-order valence-electron chi connectivity index (χ2n) is 4.73. The van der Waals surface area contributed by atoms with Gasteiger partial charge >= 0.3 is 6.36 Å². The van der Waals surface area contributed by atoms with Gasteiger partial charge in [0, 0.05) is 5.69 Å². The third-order valence-corrected chi connectivity index (χ3v) is 2.95. The van der Waals surface area contributed by atoms with Gasteiger partial charge in [0.2, 0.25) is 5.95 Å². The summed E-state index contributed by atoms with van der Waals surface area (Å²) in [5, 5.41) is 2.94. The molecule has 10 heteroatoms. The van der Waals surface area contributed by atoms with E-state index in [1.807, 2.05) is 0 Å². The number of alkyl halides is 3. The molecule has 7 nitrogen and oxygen atoms in total. The van der Waals surface area contributed by atoms with Crippen LogP contribution < -0.4 is 21.5 Å². The number of halogens is 3. The van der Waals surface area contributed by atoms with Crippen LogP contribution >= 0.6 is 0 Å². The van der Waals surface area contributed by atoms with Crippen LogP contribution in [0.1, 0.15) is 0 Å². The van der Waals surface area contributed by atoms with Gasteiger partial charge in [0.1, 0.15) is 17.1 Å². The number of nitrogens with two attached hydrogens (primary N) is 2. The van der Waals surface area contributed by atoms with Crippen molar-refractivity contribution in [2.45, 2.75) is 6.36 Å². The molecule has 0 saturated carbocycles. The SMILES string of the molecule is Nc1nc(N)c2nc(Nc3ccc(OC(F)(F)F)cc3)ccc2n1. The van der Waals surface area contributed by atoms with Crippen molar-refractivity contribution in [3.05, 3.63) is 36.4 Å². The number of anilines is 4. The van der Waals surface area contributed by atoms with Gasteiger partial charge < -0.3 is 21.5 Å². The highest BCUT2D eigenvalue weighted by atomic mass is 19.4. The fourth-order valence-electron chi connectivity index (χ4n) is 2.01. The molecule has 0 saturated heterocycles. The second kappa shape index (κ2) is 5.72. The Bertz CT molecular complexity index is 882. The van der Waals surface area contributed by atoms with E-state index in [1.54, 1.807) is 12.1 Å². The molecule has 0 spiro atoms. The maximum atomic E-state index is 12.1. The Morgan fingerprint density at radius 3 is 2.29 bits per heavy atom. The molecule has 3 rings (SSSR count). The quantitative estimate of drug-likeness (QED) is 0.674. The van der Waals surface area contributed by atoms with Crippen LogP contribution in [0.15, 0.2) is 36.4 Å². The number of nitrogens with one attached hydrogen (secondary N) is 1. The highest BCUT2D eigenvalue weighted by Crippen LogP contribution is 2.26. The molecule has 0 radical (unpaired) electrons. The smallest absolute Gasteiger partial charge is 0.406 e. The van der Waals surface area contributed by atoms with Gasteiger partial charge in [-0.1, -0.05) is 0 Å². The Balaban J connectivity index is 1.82. The largest absolute Gasteiger partial charge is 0.573 e. The zero-order valence-electron chi connectivity index (χ0n) is 12.0. The molecule has 5 N–H and O–H groups in total. The van der Waals surface area contributed by atoms with E-state index in [-0.39, 0.29) is 17.5 Å². The van der Waals surface area contributed by atoms with Crippen molar-refractivity contribution in [2.24, 2.45) is 0 Å². The fourth-order valence-corrected chi connectivity index (χ4v) is 2.01. The maximum Gasteiger partial charge on any atom is 0.573 e. The van der Waals surface area contributed by atoms with Gasteiger partial charge in [0.25, 0.3) is 0 Å². The van der Waals surface area contributed by atoms with Crippen molar-refractivity contribution in [2.75, 3.05) is 16.8 Å². The van der Waals surface area contributed by atoms with Gasteiger partial charge in [-0.05, 0) is 36.4 Å². The molecule has 0 unspecified atom stereocenters. The Morgan fingerprint density at radius 2 is 1.62 bits per heavy atom. The summed E-state index contributed by atoms with van der Waals surface area (Å²) in [6.07, 6.45) is -4.73. The van der Waals surface area contributed by atoms with Crippen molar-refractivity contribution < 1.29 is 17.9 Å². The minimum Gasteiger partial charge on any atom is -0.406 e. The summed E-state index contributed by atoms with van der Waals surface area (Å²) < 4.78 is 40.2. The molecule has 24 heavy (non-hydrogen) atoms. The first-order chi connectivity index (χ1) is 11.3. The van der Waals surface area contributed by atoms with Gasteiger partial charge in [-0.25, -0.2) is 9.97 Å². The third kappa shape index (κ3) is 3.54. The summed E-state index contributed by atoms with van der Waals surface area (Å²) in [7, 11) is 0. The number of nitrogens with zero attached hydrogens (tertiary/aromatic N) is 3. The van der Waals surface area contributed by atoms with Gasteiger partial charge in [-0.15, -0.1) is 13.2 Å². The van der Waals surface area contributed by atoms with Gasteiger partial charge in [0.05, 0.1) is 5.52 Å². The highest BCUT2D eigenvalue weighted by Gasteiger charge is 2.30. The first kappa shape index (κ1) is 15.6. The summed E-state index contributed by atoms with van der Waals surface area (Å²) in [6, 6.07) is 8.52. The van der Waals surface area contributed by atoms with Crippen LogP contribution in [0.2, 0.25) is 0 Å². The van der Waals surface area contributed by atoms with E-state index >= 15 is 0 Å². The van der Waals surface area contributed by atoms with Crippen LogP contribution in [0, 0.1) is 0 Å². The highest BCUT2D eigenvalue weighted by molar-refractivity contribution is 5.86. The normalized spacial score (nSPS) is 11.5. The topological polar surface area (TPSA) is 112 Å². The van der Waals surface area contributed by atoms with E-state index in [0.29, 0.717) is 22.5 Å². The number of benzene rings is 1. The molecule has 3 aromatic rings. The van der Waals surface area contributed by atoms with E-state index < -0.39 is 6.36 Å². The zero-order valence-corrected chi connectivity index (χ0v) is 12.0. The summed E-state index contributed by atoms with van der Waals surface area (Å²) in [4.78, 5) is 12.1. The summed E-state index contributed by atoms with van der Waals surface area (Å²) in [5.41, 5.74) is 12.6. The Morgan fingerprint density at radius 1 is 0.917 bits per heavy atom. The van der Waals surface area contributed by atoms with Crippen LogP contribution in [0.25, 0.3) is 11.0 Å². The first-order valence-electron chi connectivity index (χ1n) is 6.63. The molecular weight excluding hydrogens is 325 g/mol. The Hall–Kier alpha value is -3.30. The monoisotopic (exact) mass is 336 g/mol. The predicted octanol–water partition coefficient (Wildman–Crippen LogP) is 2.83. The van der Waals surface area contributed by atoms with Crippen molar-refractivity contribution in [1.82, 2.24) is 15.0 Å². The predicted molar refractivity (Wildman–Crippen MR) is 82.6 cm³/mol. The molecule has 0 amide bonds. The lowest BCUT2D eigenvalue weighted by molar-refractivity contribution is -0.274. The molecule has 124 valence electrons. The van der Waals surface area contributed by atoms with Crippen molar-refractivity contribution in [3.63, 3.8) is 0 Å². The zero-order chi connectivity index (χ0) is 17.3. The van der Waals surface area contributed by atoms with Crippen molar-refractivity contribution >= 4 is 34.3 Å². The lowest BCUT2D eigenvalue weighted by Gasteiger charge is -2.10. The molecule has 1 aromatic carbocycles. The molecule has 0 bridgehead atoms. The molecule has 2 aromatic heterocycles. The lowest BCUT2D eigenvalue weighted by Crippen LogP contribution is -2.16. The van der Waals surface area contributed by atoms with Crippen LogP contribution in [-0.4, -0.2) is 21.3 Å². The van der Waals surface area contributed by atoms with E-state index in [0.717, 1.165) is 0 Å². The third-order valence-electron chi connectivity index (χ3n) is 2.95. The fraction of sp³-hybridized carbons (Fsp3) is 0.0714. The number of hydrogen-bond donors (Lipinski definition) is 3. The standard InChI is InChI=1S/C14H11F3N6O/c15-14(16,17)24-8-3-1-7(2-4-8)20-10-6-5-9-11(22-10)12(18)23-13(19)21-9/h1-6H,(H,20,22)(H4,18,19,21,23). The van der Waals surface area contributed by atoms with Gasteiger partial charge in [0.15, 0.2) is 5.82 Å². The number of hydrogen-bond acceptors (Lipinski definition) is 7. The number of aromatic nitrogens is 3. The minimum atomic E-state index is -4.73. The van der Waals surface area contributed by atoms with E-state index in [4.69, 9.17) is 11.5 Å². The van der Waals surface area contributed by atoms with Crippen LogP contribution in [0.5, 0.6) is 5.75 Å². The lowest BCUT2D eigenvalue weighted by atomic mass is 10.3. The van der Waals surface area contributed by atoms with Gasteiger partial charge in [-0.2, -0.15) is 4.98 Å². The Kier molecular flexibility index (Phi) is 3.72. The number of rotatable bonds is 3. The molecular formula is C14H11F3N6O. The first-order valence-corrected chi connectivity index (χ1v) is 6.63. The molecule has 0 aliphatic rings. The molecule has 0 aliphatic heterocycles. The van der Waals surface area contributed by atoms with Crippen LogP contribution in [0.4, 0.5) is 36.4 Å². The number of ether oxygens (including phenoxy) is 1. The van der Waals surface area contributed by atoms with Crippen LogP contribution in [-0.2, 0) is 0 Å². The summed E-state index contributed by atoms with van der Waals surface area (Å²) in [6.45, 7) is 0. The summed E-state index contributed by atoms with van der Waals surface area (Å²) >= 11 is 0. The average molecular weight is 336 g/mol. The number of pyridine rings is 1. The molecule has 0 atom stereocenters. The van der Waals surface area contributed by atoms with Crippen molar-refractivity contribution in [3.8, 4) is 5.75 Å². The second-order valence-corrected chi connectivity index (χ2v) is 4.73. The molecule has 0 aliphatic carbocycles. The maximum absolute atomic E-state index is 12.1.